The number of rotatable bonds is 2. The molecule has 3 aromatic rings. The van der Waals surface area contributed by atoms with Gasteiger partial charge in [-0.05, 0) is 17.5 Å². The van der Waals surface area contributed by atoms with E-state index in [9.17, 15) is 5.11 Å². The fourth-order valence-electron chi connectivity index (χ4n) is 2.06. The molecule has 0 fully saturated rings. The first kappa shape index (κ1) is 10.9. The van der Waals surface area contributed by atoms with Crippen molar-refractivity contribution in [3.05, 3.63) is 72.3 Å². The molecule has 0 radical (unpaired) electrons. The van der Waals surface area contributed by atoms with Crippen molar-refractivity contribution in [2.45, 2.75) is 6.10 Å². The molecule has 0 aliphatic carbocycles. The van der Waals surface area contributed by atoms with E-state index in [0.29, 0.717) is 5.69 Å². The average Bonchev–Trinajstić information content (AvgIpc) is 2.47. The van der Waals surface area contributed by atoms with E-state index in [4.69, 9.17) is 0 Å². The molecule has 1 N–H and O–H groups in total. The molecule has 18 heavy (non-hydrogen) atoms. The van der Waals surface area contributed by atoms with E-state index in [1.165, 1.54) is 0 Å². The zero-order valence-electron chi connectivity index (χ0n) is 9.69. The summed E-state index contributed by atoms with van der Waals surface area (Å²) < 4.78 is 0. The number of aliphatic hydroxyl groups excluding tert-OH is 1. The van der Waals surface area contributed by atoms with Crippen LogP contribution in [0.25, 0.3) is 10.8 Å². The highest BCUT2D eigenvalue weighted by atomic mass is 16.3. The molecule has 2 heterocycles. The van der Waals surface area contributed by atoms with E-state index in [2.05, 4.69) is 9.97 Å². The quantitative estimate of drug-likeness (QED) is 0.744. The Kier molecular flexibility index (Phi) is 2.74. The molecule has 1 aromatic carbocycles. The second kappa shape index (κ2) is 4.55. The lowest BCUT2D eigenvalue weighted by atomic mass is 10.0. The van der Waals surface area contributed by atoms with Crippen molar-refractivity contribution in [3.63, 3.8) is 0 Å². The van der Waals surface area contributed by atoms with Crippen molar-refractivity contribution in [1.82, 2.24) is 9.97 Å². The summed E-state index contributed by atoms with van der Waals surface area (Å²) in [6.07, 6.45) is 4.32. The smallest absolute Gasteiger partial charge is 0.123 e. The van der Waals surface area contributed by atoms with Gasteiger partial charge in [0.1, 0.15) is 6.10 Å². The van der Waals surface area contributed by atoms with Gasteiger partial charge in [0, 0.05) is 29.5 Å². The standard InChI is InChI=1S/C15H12N2O/c18-15(12-5-3-8-16-10-12)14-13-6-2-1-4-11(13)7-9-17-14/h1-10,15,18H. The number of benzene rings is 1. The Morgan fingerprint density at radius 3 is 2.67 bits per heavy atom. The van der Waals surface area contributed by atoms with Gasteiger partial charge >= 0.3 is 0 Å². The van der Waals surface area contributed by atoms with Gasteiger partial charge < -0.3 is 5.11 Å². The molecule has 0 amide bonds. The Morgan fingerprint density at radius 2 is 1.83 bits per heavy atom. The summed E-state index contributed by atoms with van der Waals surface area (Å²) in [6, 6.07) is 13.5. The van der Waals surface area contributed by atoms with Crippen molar-refractivity contribution in [2.75, 3.05) is 0 Å². The Morgan fingerprint density at radius 1 is 0.944 bits per heavy atom. The lowest BCUT2D eigenvalue weighted by molar-refractivity contribution is 0.216. The molecule has 1 atom stereocenters. The molecular weight excluding hydrogens is 224 g/mol. The van der Waals surface area contributed by atoms with Gasteiger partial charge in [-0.2, -0.15) is 0 Å². The Labute approximate surface area is 105 Å². The maximum Gasteiger partial charge on any atom is 0.123 e. The third-order valence-electron chi connectivity index (χ3n) is 2.96. The zero-order chi connectivity index (χ0) is 12.4. The molecule has 0 aliphatic rings. The van der Waals surface area contributed by atoms with Crippen LogP contribution in [0.1, 0.15) is 17.4 Å². The molecular formula is C15H12N2O. The second-order valence-electron chi connectivity index (χ2n) is 4.11. The van der Waals surface area contributed by atoms with E-state index < -0.39 is 6.10 Å². The normalized spacial score (nSPS) is 12.5. The zero-order valence-corrected chi connectivity index (χ0v) is 9.69. The maximum atomic E-state index is 10.4. The summed E-state index contributed by atoms with van der Waals surface area (Å²) in [6.45, 7) is 0. The fourth-order valence-corrected chi connectivity index (χ4v) is 2.06. The molecule has 2 aromatic heterocycles. The van der Waals surface area contributed by atoms with Crippen LogP contribution in [0.2, 0.25) is 0 Å². The summed E-state index contributed by atoms with van der Waals surface area (Å²) >= 11 is 0. The lowest BCUT2D eigenvalue weighted by Crippen LogP contribution is -2.03. The van der Waals surface area contributed by atoms with Gasteiger partial charge in [-0.3, -0.25) is 9.97 Å². The predicted octanol–water partition coefficient (Wildman–Crippen LogP) is 2.71. The van der Waals surface area contributed by atoms with Crippen LogP contribution in [0.4, 0.5) is 0 Å². The minimum absolute atomic E-state index is 0.668. The van der Waals surface area contributed by atoms with Gasteiger partial charge in [-0.25, -0.2) is 0 Å². The van der Waals surface area contributed by atoms with Gasteiger partial charge in [0.25, 0.3) is 0 Å². The molecule has 3 rings (SSSR count). The van der Waals surface area contributed by atoms with E-state index >= 15 is 0 Å². The second-order valence-corrected chi connectivity index (χ2v) is 4.11. The average molecular weight is 236 g/mol. The third kappa shape index (κ3) is 1.85. The highest BCUT2D eigenvalue weighted by Gasteiger charge is 2.14. The molecule has 88 valence electrons. The SMILES string of the molecule is OC(c1cccnc1)c1nccc2ccccc12. The van der Waals surface area contributed by atoms with Gasteiger partial charge in [0.15, 0.2) is 0 Å². The monoisotopic (exact) mass is 236 g/mol. The molecule has 0 spiro atoms. The van der Waals surface area contributed by atoms with Gasteiger partial charge in [0.2, 0.25) is 0 Å². The number of hydrogen-bond donors (Lipinski definition) is 1. The van der Waals surface area contributed by atoms with Crippen molar-refractivity contribution < 1.29 is 5.11 Å². The number of aliphatic hydroxyl groups is 1. The third-order valence-corrected chi connectivity index (χ3v) is 2.96. The number of hydrogen-bond acceptors (Lipinski definition) is 3. The molecule has 1 unspecified atom stereocenters. The molecule has 0 bridgehead atoms. The van der Waals surface area contributed by atoms with E-state index in [-0.39, 0.29) is 0 Å². The van der Waals surface area contributed by atoms with E-state index in [1.54, 1.807) is 18.6 Å². The van der Waals surface area contributed by atoms with Crippen molar-refractivity contribution in [1.29, 1.82) is 0 Å². The summed E-state index contributed by atoms with van der Waals surface area (Å²) in [4.78, 5) is 8.33. The minimum atomic E-state index is -0.746. The Balaban J connectivity index is 2.15. The number of pyridine rings is 2. The molecule has 0 aliphatic heterocycles. The van der Waals surface area contributed by atoms with Crippen LogP contribution in [0.15, 0.2) is 61.1 Å². The van der Waals surface area contributed by atoms with Crippen molar-refractivity contribution in [3.8, 4) is 0 Å². The first-order valence-corrected chi connectivity index (χ1v) is 5.78. The van der Waals surface area contributed by atoms with Crippen LogP contribution in [0.5, 0.6) is 0 Å². The number of fused-ring (bicyclic) bond motifs is 1. The predicted molar refractivity (Wildman–Crippen MR) is 70.0 cm³/mol. The van der Waals surface area contributed by atoms with Crippen LogP contribution < -0.4 is 0 Å². The molecule has 0 saturated heterocycles. The largest absolute Gasteiger partial charge is 0.382 e. The maximum absolute atomic E-state index is 10.4. The van der Waals surface area contributed by atoms with E-state index in [1.807, 2.05) is 42.5 Å². The summed E-state index contributed by atoms with van der Waals surface area (Å²) in [7, 11) is 0. The highest BCUT2D eigenvalue weighted by molar-refractivity contribution is 5.84. The summed E-state index contributed by atoms with van der Waals surface area (Å²) in [5.74, 6) is 0. The van der Waals surface area contributed by atoms with Crippen LogP contribution in [-0.4, -0.2) is 15.1 Å². The Bertz CT molecular complexity index is 662. The first-order valence-electron chi connectivity index (χ1n) is 5.78. The summed E-state index contributed by atoms with van der Waals surface area (Å²) in [5.41, 5.74) is 1.42. The van der Waals surface area contributed by atoms with Crippen LogP contribution >= 0.6 is 0 Å². The topological polar surface area (TPSA) is 46.0 Å². The van der Waals surface area contributed by atoms with E-state index in [0.717, 1.165) is 16.3 Å². The molecule has 0 saturated carbocycles. The Hall–Kier alpha value is -2.26. The van der Waals surface area contributed by atoms with Crippen LogP contribution in [0.3, 0.4) is 0 Å². The lowest BCUT2D eigenvalue weighted by Gasteiger charge is -2.12. The van der Waals surface area contributed by atoms with Crippen LogP contribution in [0, 0.1) is 0 Å². The molecule has 3 nitrogen and oxygen atoms in total. The highest BCUT2D eigenvalue weighted by Crippen LogP contribution is 2.26. The van der Waals surface area contributed by atoms with Gasteiger partial charge in [-0.1, -0.05) is 30.3 Å². The van der Waals surface area contributed by atoms with Gasteiger partial charge in [-0.15, -0.1) is 0 Å². The first-order chi connectivity index (χ1) is 8.86. The van der Waals surface area contributed by atoms with Crippen LogP contribution in [-0.2, 0) is 0 Å². The summed E-state index contributed by atoms with van der Waals surface area (Å²) in [5, 5.41) is 12.4. The van der Waals surface area contributed by atoms with Crippen molar-refractivity contribution >= 4 is 10.8 Å². The minimum Gasteiger partial charge on any atom is -0.382 e. The number of aromatic nitrogens is 2. The van der Waals surface area contributed by atoms with Gasteiger partial charge in [0.05, 0.1) is 5.69 Å². The number of nitrogens with zero attached hydrogens (tertiary/aromatic N) is 2. The fraction of sp³-hybridized carbons (Fsp3) is 0.0667. The molecule has 3 heteroatoms. The van der Waals surface area contributed by atoms with Crippen molar-refractivity contribution in [2.24, 2.45) is 0 Å².